The maximum absolute atomic E-state index is 11.3. The van der Waals surface area contributed by atoms with Crippen molar-refractivity contribution >= 4 is 16.5 Å². The zero-order chi connectivity index (χ0) is 9.28. The van der Waals surface area contributed by atoms with E-state index in [0.717, 1.165) is 0 Å². The van der Waals surface area contributed by atoms with E-state index >= 15 is 0 Å². The van der Waals surface area contributed by atoms with Gasteiger partial charge >= 0.3 is 0 Å². The summed E-state index contributed by atoms with van der Waals surface area (Å²) in [6, 6.07) is 0. The normalized spacial score (nSPS) is 13.2. The van der Waals surface area contributed by atoms with Crippen molar-refractivity contribution in [1.82, 2.24) is 0 Å². The quantitative estimate of drug-likeness (QED) is 0.552. The molecule has 0 saturated heterocycles. The van der Waals surface area contributed by atoms with Gasteiger partial charge in [0.15, 0.2) is 0 Å². The molecule has 0 aliphatic carbocycles. The number of carbonyl (C=O) groups is 1. The Morgan fingerprint density at radius 1 is 1.18 bits per heavy atom. The summed E-state index contributed by atoms with van der Waals surface area (Å²) in [5.74, 6) is -0.0864. The lowest BCUT2D eigenvalue weighted by Gasteiger charge is -2.35. The third-order valence-corrected chi connectivity index (χ3v) is 2.94. The van der Waals surface area contributed by atoms with Gasteiger partial charge in [-0.25, -0.2) is 0 Å². The van der Waals surface area contributed by atoms with Gasteiger partial charge in [0, 0.05) is 0 Å². The molecular formula is C8H18O2Si. The van der Waals surface area contributed by atoms with Crippen molar-refractivity contribution in [3.63, 3.8) is 0 Å². The van der Waals surface area contributed by atoms with Crippen LogP contribution in [0.2, 0.25) is 0 Å². The second kappa shape index (κ2) is 2.97. The monoisotopic (exact) mass is 174 g/mol. The molecule has 0 fully saturated rings. The Morgan fingerprint density at radius 2 is 1.55 bits per heavy atom. The predicted molar refractivity (Wildman–Crippen MR) is 49.3 cm³/mol. The first-order valence-corrected chi connectivity index (χ1v) is 4.63. The molecule has 0 unspecified atom stereocenters. The average Bonchev–Trinajstić information content (AvgIpc) is 1.83. The maximum atomic E-state index is 11.3. The summed E-state index contributed by atoms with van der Waals surface area (Å²) in [7, 11) is 0.488. The lowest BCUT2D eigenvalue weighted by atomic mass is 9.69. The van der Waals surface area contributed by atoms with Crippen LogP contribution < -0.4 is 0 Å². The first-order chi connectivity index (χ1) is 4.73. The molecule has 0 heterocycles. The Balaban J connectivity index is 4.59. The van der Waals surface area contributed by atoms with Crippen molar-refractivity contribution in [3.05, 3.63) is 0 Å². The topological polar surface area (TPSA) is 26.3 Å². The fraction of sp³-hybridized carbons (Fsp3) is 0.875. The molecule has 11 heavy (non-hydrogen) atoms. The minimum atomic E-state index is -0.380. The maximum Gasteiger partial charge on any atom is 0.298 e. The smallest absolute Gasteiger partial charge is 0.298 e. The Labute approximate surface area is 71.9 Å². The van der Waals surface area contributed by atoms with E-state index in [1.54, 1.807) is 0 Å². The van der Waals surface area contributed by atoms with E-state index in [0.29, 0.717) is 10.5 Å². The van der Waals surface area contributed by atoms with Gasteiger partial charge in [0.2, 0.25) is 10.5 Å². The molecule has 0 atom stereocenters. The standard InChI is InChI=1S/C8H18O2Si/c1-7(2,3)8(4,5)6(9)10-11/h1-5,11H3. The minimum absolute atomic E-state index is 0.0332. The fourth-order valence-corrected chi connectivity index (χ4v) is 1.07. The van der Waals surface area contributed by atoms with Gasteiger partial charge in [0.1, 0.15) is 0 Å². The van der Waals surface area contributed by atoms with Crippen LogP contribution in [0.4, 0.5) is 0 Å². The highest BCUT2D eigenvalue weighted by Gasteiger charge is 2.40. The molecule has 0 aromatic rings. The van der Waals surface area contributed by atoms with Crippen molar-refractivity contribution in [3.8, 4) is 0 Å². The van der Waals surface area contributed by atoms with Crippen molar-refractivity contribution < 1.29 is 9.22 Å². The van der Waals surface area contributed by atoms with Crippen LogP contribution >= 0.6 is 0 Å². The molecule has 66 valence electrons. The van der Waals surface area contributed by atoms with Gasteiger partial charge in [-0.15, -0.1) is 0 Å². The van der Waals surface area contributed by atoms with Gasteiger partial charge in [0.25, 0.3) is 5.97 Å². The van der Waals surface area contributed by atoms with Crippen molar-refractivity contribution in [2.45, 2.75) is 34.6 Å². The zero-order valence-electron chi connectivity index (χ0n) is 8.32. The highest BCUT2D eigenvalue weighted by molar-refractivity contribution is 6.06. The lowest BCUT2D eigenvalue weighted by Crippen LogP contribution is -2.38. The SMILES string of the molecule is CC(C)(C)C(C)(C)C(=O)O[SiH3]. The molecule has 0 N–H and O–H groups in total. The Morgan fingerprint density at radius 3 is 1.64 bits per heavy atom. The molecule has 0 aliphatic rings. The minimum Gasteiger partial charge on any atom is -0.528 e. The number of carbonyl (C=O) groups excluding carboxylic acids is 1. The van der Waals surface area contributed by atoms with Crippen molar-refractivity contribution in [1.29, 1.82) is 0 Å². The molecule has 0 aromatic carbocycles. The first-order valence-electron chi connectivity index (χ1n) is 3.82. The summed E-state index contributed by atoms with van der Waals surface area (Å²) >= 11 is 0. The van der Waals surface area contributed by atoms with E-state index < -0.39 is 0 Å². The van der Waals surface area contributed by atoms with Gasteiger partial charge in [0.05, 0.1) is 5.41 Å². The molecular weight excluding hydrogens is 156 g/mol. The van der Waals surface area contributed by atoms with Crippen molar-refractivity contribution in [2.75, 3.05) is 0 Å². The molecule has 0 radical (unpaired) electrons. The van der Waals surface area contributed by atoms with E-state index in [-0.39, 0.29) is 16.8 Å². The molecule has 0 amide bonds. The summed E-state index contributed by atoms with van der Waals surface area (Å²) in [6.45, 7) is 9.99. The van der Waals surface area contributed by atoms with Gasteiger partial charge in [-0.05, 0) is 19.3 Å². The molecule has 0 aromatic heterocycles. The van der Waals surface area contributed by atoms with E-state index in [2.05, 4.69) is 0 Å². The molecule has 0 aliphatic heterocycles. The molecule has 3 heteroatoms. The van der Waals surface area contributed by atoms with Crippen molar-refractivity contribution in [2.24, 2.45) is 10.8 Å². The molecule has 0 spiro atoms. The van der Waals surface area contributed by atoms with Crippen LogP contribution in [0.5, 0.6) is 0 Å². The molecule has 2 nitrogen and oxygen atoms in total. The lowest BCUT2D eigenvalue weighted by molar-refractivity contribution is -0.149. The van der Waals surface area contributed by atoms with Crippen LogP contribution in [-0.2, 0) is 9.22 Å². The second-order valence-electron chi connectivity index (χ2n) is 4.37. The van der Waals surface area contributed by atoms with Crippen LogP contribution in [0.1, 0.15) is 34.6 Å². The fourth-order valence-electron chi connectivity index (χ4n) is 0.561. The van der Waals surface area contributed by atoms with Crippen LogP contribution in [0.15, 0.2) is 0 Å². The van der Waals surface area contributed by atoms with E-state index in [4.69, 9.17) is 4.43 Å². The van der Waals surface area contributed by atoms with Gasteiger partial charge in [-0.2, -0.15) is 0 Å². The molecule has 0 rings (SSSR count). The Bertz CT molecular complexity index is 156. The zero-order valence-corrected chi connectivity index (χ0v) is 10.3. The first kappa shape index (κ1) is 10.7. The van der Waals surface area contributed by atoms with E-state index in [9.17, 15) is 4.79 Å². The third kappa shape index (κ3) is 2.06. The summed E-state index contributed by atoms with van der Waals surface area (Å²) in [4.78, 5) is 11.3. The predicted octanol–water partition coefficient (Wildman–Crippen LogP) is 0.882. The summed E-state index contributed by atoms with van der Waals surface area (Å²) < 4.78 is 4.84. The number of rotatable bonds is 1. The van der Waals surface area contributed by atoms with Crippen LogP contribution in [-0.4, -0.2) is 16.5 Å². The average molecular weight is 174 g/mol. The van der Waals surface area contributed by atoms with Gasteiger partial charge in [-0.3, -0.25) is 4.79 Å². The largest absolute Gasteiger partial charge is 0.528 e. The number of hydrogen-bond donors (Lipinski definition) is 0. The van der Waals surface area contributed by atoms with Gasteiger partial charge in [-0.1, -0.05) is 20.8 Å². The summed E-state index contributed by atoms with van der Waals surface area (Å²) in [6.07, 6.45) is 0. The van der Waals surface area contributed by atoms with E-state index in [1.165, 1.54) is 0 Å². The molecule has 0 saturated carbocycles. The number of hydrogen-bond acceptors (Lipinski definition) is 2. The Kier molecular flexibility index (Phi) is 2.89. The summed E-state index contributed by atoms with van der Waals surface area (Å²) in [5.41, 5.74) is -0.413. The highest BCUT2D eigenvalue weighted by atomic mass is 28.2. The van der Waals surface area contributed by atoms with Gasteiger partial charge < -0.3 is 4.43 Å². The van der Waals surface area contributed by atoms with Crippen LogP contribution in [0.3, 0.4) is 0 Å². The van der Waals surface area contributed by atoms with Crippen LogP contribution in [0, 0.1) is 10.8 Å². The summed E-state index contributed by atoms with van der Waals surface area (Å²) in [5, 5.41) is 0. The Hall–Kier alpha value is -0.313. The third-order valence-electron chi connectivity index (χ3n) is 2.57. The van der Waals surface area contributed by atoms with E-state index in [1.807, 2.05) is 34.6 Å². The van der Waals surface area contributed by atoms with Crippen LogP contribution in [0.25, 0.3) is 0 Å². The molecule has 0 bridgehead atoms. The second-order valence-corrected chi connectivity index (χ2v) is 4.77. The highest BCUT2D eigenvalue weighted by Crippen LogP contribution is 2.38.